The molecule has 8 nitrogen and oxygen atoms in total. The number of aryl methyl sites for hydroxylation is 1. The summed E-state index contributed by atoms with van der Waals surface area (Å²) < 4.78 is 31.5. The number of thiophene rings is 1. The average molecular weight is 479 g/mol. The number of hydrogen-bond donors (Lipinski definition) is 3. The summed E-state index contributed by atoms with van der Waals surface area (Å²) in [5.74, 6) is 0.492. The van der Waals surface area contributed by atoms with Crippen molar-refractivity contribution < 1.29 is 18.3 Å². The maximum atomic E-state index is 13.0. The van der Waals surface area contributed by atoms with Gasteiger partial charge in [-0.05, 0) is 51.7 Å². The Morgan fingerprint density at radius 2 is 2.03 bits per heavy atom. The van der Waals surface area contributed by atoms with E-state index in [1.807, 2.05) is 21.0 Å². The van der Waals surface area contributed by atoms with Gasteiger partial charge < -0.3 is 26.0 Å². The first kappa shape index (κ1) is 24.6. The molecule has 3 rings (SSSR count). The zero-order valence-electron chi connectivity index (χ0n) is 18.8. The SMILES string of the molecule is Cc1c(C(=O)NCCCN(C)C)sc2ncnc(Nc3ccc(N)cc3OC(CF)CF)c12. The number of carbonyl (C=O) groups is 1. The molecule has 3 aromatic rings. The zero-order valence-corrected chi connectivity index (χ0v) is 19.6. The van der Waals surface area contributed by atoms with Crippen molar-refractivity contribution in [3.63, 3.8) is 0 Å². The summed E-state index contributed by atoms with van der Waals surface area (Å²) in [6, 6.07) is 4.78. The van der Waals surface area contributed by atoms with E-state index in [0.717, 1.165) is 18.5 Å². The second-order valence-corrected chi connectivity index (χ2v) is 8.80. The molecule has 1 aromatic carbocycles. The van der Waals surface area contributed by atoms with Crippen molar-refractivity contribution in [2.75, 3.05) is 51.6 Å². The number of rotatable bonds is 11. The number of hydrogen-bond acceptors (Lipinski definition) is 8. The van der Waals surface area contributed by atoms with Crippen molar-refractivity contribution in [2.45, 2.75) is 19.4 Å². The van der Waals surface area contributed by atoms with Crippen LogP contribution in [0.15, 0.2) is 24.5 Å². The van der Waals surface area contributed by atoms with E-state index < -0.39 is 19.5 Å². The second-order valence-electron chi connectivity index (χ2n) is 7.80. The molecule has 33 heavy (non-hydrogen) atoms. The number of halogens is 2. The number of ether oxygens (including phenoxy) is 1. The average Bonchev–Trinajstić information content (AvgIpc) is 3.14. The number of carbonyl (C=O) groups excluding carboxylic acids is 1. The summed E-state index contributed by atoms with van der Waals surface area (Å²) in [6.45, 7) is 1.34. The van der Waals surface area contributed by atoms with Crippen LogP contribution in [-0.2, 0) is 0 Å². The lowest BCUT2D eigenvalue weighted by molar-refractivity contribution is 0.0956. The molecular formula is C22H28F2N6O2S. The normalized spacial score (nSPS) is 11.4. The van der Waals surface area contributed by atoms with Crippen molar-refractivity contribution in [3.05, 3.63) is 35.0 Å². The molecule has 0 saturated carbocycles. The molecule has 0 saturated heterocycles. The molecule has 0 radical (unpaired) electrons. The third kappa shape index (κ3) is 6.05. The molecule has 0 fully saturated rings. The molecule has 0 aliphatic heterocycles. The fourth-order valence-corrected chi connectivity index (χ4v) is 4.28. The Morgan fingerprint density at radius 1 is 1.27 bits per heavy atom. The number of nitrogens with zero attached hydrogens (tertiary/aromatic N) is 3. The third-order valence-electron chi connectivity index (χ3n) is 4.90. The van der Waals surface area contributed by atoms with E-state index in [1.54, 1.807) is 12.1 Å². The van der Waals surface area contributed by atoms with Gasteiger partial charge in [-0.2, -0.15) is 0 Å². The molecule has 178 valence electrons. The number of anilines is 3. The predicted molar refractivity (Wildman–Crippen MR) is 128 cm³/mol. The van der Waals surface area contributed by atoms with E-state index >= 15 is 0 Å². The molecule has 0 aliphatic carbocycles. The van der Waals surface area contributed by atoms with Gasteiger partial charge >= 0.3 is 0 Å². The van der Waals surface area contributed by atoms with Crippen LogP contribution in [0.5, 0.6) is 5.75 Å². The van der Waals surface area contributed by atoms with Gasteiger partial charge in [-0.25, -0.2) is 18.7 Å². The van der Waals surface area contributed by atoms with E-state index in [0.29, 0.717) is 38.8 Å². The van der Waals surface area contributed by atoms with Gasteiger partial charge in [0.15, 0.2) is 6.10 Å². The first-order valence-corrected chi connectivity index (χ1v) is 11.3. The molecule has 1 amide bonds. The molecule has 0 spiro atoms. The van der Waals surface area contributed by atoms with E-state index in [1.165, 1.54) is 23.7 Å². The van der Waals surface area contributed by atoms with Crippen LogP contribution in [0.4, 0.5) is 26.0 Å². The highest BCUT2D eigenvalue weighted by molar-refractivity contribution is 7.20. The van der Waals surface area contributed by atoms with Crippen molar-refractivity contribution in [1.82, 2.24) is 20.2 Å². The largest absolute Gasteiger partial charge is 0.483 e. The van der Waals surface area contributed by atoms with E-state index in [2.05, 4.69) is 25.5 Å². The first-order valence-electron chi connectivity index (χ1n) is 10.5. The molecule has 2 aromatic heterocycles. The van der Waals surface area contributed by atoms with Gasteiger partial charge in [0.1, 0.15) is 36.1 Å². The minimum Gasteiger partial charge on any atom is -0.483 e. The van der Waals surface area contributed by atoms with Crippen LogP contribution in [0.3, 0.4) is 0 Å². The molecule has 0 bridgehead atoms. The number of aromatic nitrogens is 2. The Hall–Kier alpha value is -3.05. The standard InChI is InChI=1S/C22H28F2N6O2S/c1-13-18-20(29-16-6-5-14(25)9-17(16)32-15(10-23)11-24)27-12-28-22(18)33-19(13)21(31)26-7-4-8-30(2)3/h5-6,9,12,15H,4,7-8,10-11,25H2,1-3H3,(H,26,31)(H,27,28,29). The summed E-state index contributed by atoms with van der Waals surface area (Å²) in [5.41, 5.74) is 7.40. The lowest BCUT2D eigenvalue weighted by Crippen LogP contribution is -2.26. The van der Waals surface area contributed by atoms with Crippen LogP contribution in [0.2, 0.25) is 0 Å². The Bertz CT molecular complexity index is 1100. The third-order valence-corrected chi connectivity index (χ3v) is 6.10. The van der Waals surface area contributed by atoms with Crippen LogP contribution in [0, 0.1) is 6.92 Å². The van der Waals surface area contributed by atoms with E-state index in [4.69, 9.17) is 10.5 Å². The van der Waals surface area contributed by atoms with Crippen LogP contribution in [0.25, 0.3) is 10.2 Å². The van der Waals surface area contributed by atoms with Gasteiger partial charge in [-0.15, -0.1) is 11.3 Å². The summed E-state index contributed by atoms with van der Waals surface area (Å²) in [7, 11) is 3.97. The quantitative estimate of drug-likeness (QED) is 0.285. The maximum Gasteiger partial charge on any atom is 0.261 e. The minimum atomic E-state index is -1.23. The fraction of sp³-hybridized carbons (Fsp3) is 0.409. The number of fused-ring (bicyclic) bond motifs is 1. The van der Waals surface area contributed by atoms with Gasteiger partial charge in [0, 0.05) is 18.3 Å². The van der Waals surface area contributed by atoms with Crippen LogP contribution < -0.4 is 21.1 Å². The summed E-state index contributed by atoms with van der Waals surface area (Å²) in [6.07, 6.45) is 1.00. The Balaban J connectivity index is 1.87. The van der Waals surface area contributed by atoms with Crippen molar-refractivity contribution in [3.8, 4) is 5.75 Å². The predicted octanol–water partition coefficient (Wildman–Crippen LogP) is 3.69. The lowest BCUT2D eigenvalue weighted by atomic mass is 10.2. The van der Waals surface area contributed by atoms with Gasteiger partial charge in [0.05, 0.1) is 16.0 Å². The highest BCUT2D eigenvalue weighted by atomic mass is 32.1. The number of nitrogen functional groups attached to an aromatic ring is 1. The van der Waals surface area contributed by atoms with Crippen molar-refractivity contribution in [1.29, 1.82) is 0 Å². The lowest BCUT2D eigenvalue weighted by Gasteiger charge is -2.17. The van der Waals surface area contributed by atoms with Gasteiger partial charge in [-0.3, -0.25) is 4.79 Å². The van der Waals surface area contributed by atoms with Crippen LogP contribution in [-0.4, -0.2) is 67.4 Å². The number of benzene rings is 1. The number of amides is 1. The van der Waals surface area contributed by atoms with Crippen LogP contribution in [0.1, 0.15) is 21.7 Å². The minimum absolute atomic E-state index is 0.162. The van der Waals surface area contributed by atoms with Crippen molar-refractivity contribution >= 4 is 44.7 Å². The monoisotopic (exact) mass is 478 g/mol. The first-order chi connectivity index (χ1) is 15.8. The van der Waals surface area contributed by atoms with Gasteiger partial charge in [-0.1, -0.05) is 0 Å². The molecular weight excluding hydrogens is 450 g/mol. The second kappa shape index (κ2) is 11.2. The smallest absolute Gasteiger partial charge is 0.261 e. The Morgan fingerprint density at radius 3 is 2.73 bits per heavy atom. The highest BCUT2D eigenvalue weighted by Crippen LogP contribution is 2.37. The molecule has 11 heteroatoms. The Labute approximate surface area is 195 Å². The number of nitrogens with two attached hydrogens (primary N) is 1. The van der Waals surface area contributed by atoms with Crippen LogP contribution >= 0.6 is 11.3 Å². The summed E-state index contributed by atoms with van der Waals surface area (Å²) >= 11 is 1.28. The fourth-order valence-electron chi connectivity index (χ4n) is 3.21. The molecule has 0 atom stereocenters. The molecule has 0 aliphatic rings. The molecule has 4 N–H and O–H groups in total. The van der Waals surface area contributed by atoms with Gasteiger partial charge in [0.2, 0.25) is 0 Å². The van der Waals surface area contributed by atoms with Crippen molar-refractivity contribution in [2.24, 2.45) is 0 Å². The number of nitrogens with one attached hydrogen (secondary N) is 2. The topological polar surface area (TPSA) is 105 Å². The van der Waals surface area contributed by atoms with E-state index in [-0.39, 0.29) is 11.7 Å². The summed E-state index contributed by atoms with van der Waals surface area (Å²) in [5, 5.41) is 6.78. The highest BCUT2D eigenvalue weighted by Gasteiger charge is 2.20. The zero-order chi connectivity index (χ0) is 24.0. The Kier molecular flexibility index (Phi) is 8.34. The molecule has 2 heterocycles. The summed E-state index contributed by atoms with van der Waals surface area (Å²) in [4.78, 5) is 24.6. The number of alkyl halides is 2. The van der Waals surface area contributed by atoms with E-state index in [9.17, 15) is 13.6 Å². The molecule has 0 unspecified atom stereocenters. The maximum absolute atomic E-state index is 13.0. The van der Waals surface area contributed by atoms with Gasteiger partial charge in [0.25, 0.3) is 5.91 Å².